The minimum absolute atomic E-state index is 0.0611. The molecule has 0 radical (unpaired) electrons. The van der Waals surface area contributed by atoms with Gasteiger partial charge in [-0.3, -0.25) is 19.5 Å². The van der Waals surface area contributed by atoms with Crippen molar-refractivity contribution < 1.29 is 14.5 Å². The van der Waals surface area contributed by atoms with Gasteiger partial charge in [0, 0.05) is 23.1 Å². The summed E-state index contributed by atoms with van der Waals surface area (Å²) in [6.07, 6.45) is 1.73. The molecule has 1 aromatic carbocycles. The number of hydrogen-bond acceptors (Lipinski definition) is 7. The number of benzene rings is 1. The molecule has 0 amide bonds. The number of thiophene rings is 1. The first-order chi connectivity index (χ1) is 13.0. The van der Waals surface area contributed by atoms with Crippen LogP contribution in [-0.4, -0.2) is 27.1 Å². The summed E-state index contributed by atoms with van der Waals surface area (Å²) in [6.45, 7) is 3.71. The number of rotatable bonds is 6. The quantitative estimate of drug-likeness (QED) is 0.364. The molecule has 0 saturated carbocycles. The maximum Gasteiger partial charge on any atom is 0.329 e. The Morgan fingerprint density at radius 3 is 2.85 bits per heavy atom. The van der Waals surface area contributed by atoms with Gasteiger partial charge in [0.05, 0.1) is 23.2 Å². The molecule has 0 aliphatic rings. The summed E-state index contributed by atoms with van der Waals surface area (Å²) in [4.78, 5) is 40.7. The van der Waals surface area contributed by atoms with Crippen molar-refractivity contribution >= 4 is 33.2 Å². The molecule has 2 heterocycles. The second-order valence-corrected chi connectivity index (χ2v) is 6.63. The lowest BCUT2D eigenvalue weighted by Crippen LogP contribution is -2.31. The third kappa shape index (κ3) is 3.45. The van der Waals surface area contributed by atoms with E-state index in [1.54, 1.807) is 31.4 Å². The lowest BCUT2D eigenvalue weighted by molar-refractivity contribution is -0.384. The molecule has 27 heavy (non-hydrogen) atoms. The molecular weight excluding hydrogens is 370 g/mol. The van der Waals surface area contributed by atoms with Gasteiger partial charge in [-0.25, -0.2) is 9.78 Å². The summed E-state index contributed by atoms with van der Waals surface area (Å²) >= 11 is 1.27. The van der Waals surface area contributed by atoms with Gasteiger partial charge >= 0.3 is 5.97 Å². The van der Waals surface area contributed by atoms with Crippen LogP contribution in [0.2, 0.25) is 0 Å². The van der Waals surface area contributed by atoms with Gasteiger partial charge in [0.25, 0.3) is 11.2 Å². The molecule has 0 aliphatic heterocycles. The van der Waals surface area contributed by atoms with Crippen LogP contribution in [-0.2, 0) is 9.53 Å². The van der Waals surface area contributed by atoms with E-state index in [0.717, 1.165) is 0 Å². The summed E-state index contributed by atoms with van der Waals surface area (Å²) in [5.41, 5.74) is 0.678. The van der Waals surface area contributed by atoms with Crippen LogP contribution in [0.25, 0.3) is 21.3 Å². The van der Waals surface area contributed by atoms with Crippen LogP contribution in [0.1, 0.15) is 26.3 Å². The van der Waals surface area contributed by atoms with Crippen molar-refractivity contribution in [3.8, 4) is 11.1 Å². The normalized spacial score (nSPS) is 12.1. The van der Waals surface area contributed by atoms with Gasteiger partial charge in [-0.05, 0) is 18.9 Å². The molecule has 8 nitrogen and oxygen atoms in total. The molecule has 0 fully saturated rings. The summed E-state index contributed by atoms with van der Waals surface area (Å²) in [5.74, 6) is -0.490. The van der Waals surface area contributed by atoms with Gasteiger partial charge in [0.2, 0.25) is 0 Å². The van der Waals surface area contributed by atoms with E-state index < -0.39 is 16.9 Å². The smallest absolute Gasteiger partial charge is 0.329 e. The van der Waals surface area contributed by atoms with Gasteiger partial charge in [-0.2, -0.15) is 0 Å². The van der Waals surface area contributed by atoms with E-state index in [-0.39, 0.29) is 17.9 Å². The Kier molecular flexibility index (Phi) is 5.31. The third-order valence-electron chi connectivity index (χ3n) is 4.17. The van der Waals surface area contributed by atoms with Crippen molar-refractivity contribution in [1.82, 2.24) is 9.55 Å². The first kappa shape index (κ1) is 18.7. The highest BCUT2D eigenvalue weighted by Crippen LogP contribution is 2.32. The Morgan fingerprint density at radius 1 is 1.41 bits per heavy atom. The van der Waals surface area contributed by atoms with Crippen molar-refractivity contribution in [2.24, 2.45) is 0 Å². The van der Waals surface area contributed by atoms with Gasteiger partial charge in [0.15, 0.2) is 0 Å². The van der Waals surface area contributed by atoms with Crippen LogP contribution < -0.4 is 5.56 Å². The van der Waals surface area contributed by atoms with E-state index in [1.807, 2.05) is 0 Å². The number of nitrogens with zero attached hydrogens (tertiary/aromatic N) is 3. The summed E-state index contributed by atoms with van der Waals surface area (Å²) < 4.78 is 6.33. The molecular formula is C18H17N3O5S. The zero-order chi connectivity index (χ0) is 19.6. The average molecular weight is 387 g/mol. The summed E-state index contributed by atoms with van der Waals surface area (Å²) in [6, 6.07) is 5.31. The Bertz CT molecular complexity index is 1070. The number of nitro groups is 1. The lowest BCUT2D eigenvalue weighted by Gasteiger charge is -2.16. The van der Waals surface area contributed by atoms with Crippen LogP contribution in [0.15, 0.2) is 40.8 Å². The third-order valence-corrected chi connectivity index (χ3v) is 5.05. The highest BCUT2D eigenvalue weighted by atomic mass is 32.1. The number of hydrogen-bond donors (Lipinski definition) is 0. The highest BCUT2D eigenvalue weighted by Gasteiger charge is 2.23. The molecule has 0 aliphatic carbocycles. The number of fused-ring (bicyclic) bond motifs is 1. The zero-order valence-corrected chi connectivity index (χ0v) is 15.6. The van der Waals surface area contributed by atoms with Crippen molar-refractivity contribution in [1.29, 1.82) is 0 Å². The number of carbonyl (C=O) groups is 1. The predicted molar refractivity (Wildman–Crippen MR) is 102 cm³/mol. The molecule has 3 rings (SSSR count). The van der Waals surface area contributed by atoms with E-state index in [2.05, 4.69) is 4.98 Å². The van der Waals surface area contributed by atoms with Gasteiger partial charge in [0.1, 0.15) is 10.9 Å². The van der Waals surface area contributed by atoms with Crippen LogP contribution in [0.5, 0.6) is 0 Å². The Balaban J connectivity index is 2.18. The molecule has 9 heteroatoms. The molecule has 0 bridgehead atoms. The summed E-state index contributed by atoms with van der Waals surface area (Å²) in [7, 11) is 0. The first-order valence-electron chi connectivity index (χ1n) is 8.37. The maximum absolute atomic E-state index is 13.1. The van der Waals surface area contributed by atoms with E-state index in [9.17, 15) is 19.7 Å². The lowest BCUT2D eigenvalue weighted by atomic mass is 10.1. The van der Waals surface area contributed by atoms with E-state index in [1.165, 1.54) is 34.4 Å². The molecule has 0 N–H and O–H groups in total. The fourth-order valence-corrected chi connectivity index (χ4v) is 3.79. The number of carbonyl (C=O) groups excluding carboxylic acids is 1. The topological polar surface area (TPSA) is 104 Å². The number of esters is 1. The summed E-state index contributed by atoms with van der Waals surface area (Å²) in [5, 5.41) is 13.1. The average Bonchev–Trinajstić information content (AvgIpc) is 3.09. The van der Waals surface area contributed by atoms with Crippen LogP contribution >= 0.6 is 11.3 Å². The number of ether oxygens (including phenoxy) is 1. The van der Waals surface area contributed by atoms with Crippen molar-refractivity contribution in [2.45, 2.75) is 26.3 Å². The van der Waals surface area contributed by atoms with Gasteiger partial charge in [-0.15, -0.1) is 11.3 Å². The molecule has 140 valence electrons. The van der Waals surface area contributed by atoms with E-state index in [4.69, 9.17) is 4.74 Å². The second-order valence-electron chi connectivity index (χ2n) is 5.77. The monoisotopic (exact) mass is 387 g/mol. The maximum atomic E-state index is 13.1. The standard InChI is InChI=1S/C18H17N3O5S/c1-3-14(18(23)26-4-2)20-10-19-16-15(17(20)22)13(9-27-16)11-6-5-7-12(8-11)21(24)25/h5-10,14H,3-4H2,1-2H3/t14-/m1/s1. The fraction of sp³-hybridized carbons (Fsp3) is 0.278. The SMILES string of the molecule is CCOC(=O)[C@@H](CC)n1cnc2scc(-c3cccc([N+](=O)[O-])c3)c2c1=O. The Hall–Kier alpha value is -3.07. The molecule has 0 saturated heterocycles. The van der Waals surface area contributed by atoms with Gasteiger partial charge in [-0.1, -0.05) is 19.1 Å². The molecule has 3 aromatic rings. The van der Waals surface area contributed by atoms with Crippen molar-refractivity contribution in [3.63, 3.8) is 0 Å². The van der Waals surface area contributed by atoms with Crippen molar-refractivity contribution in [2.75, 3.05) is 6.61 Å². The zero-order valence-electron chi connectivity index (χ0n) is 14.7. The van der Waals surface area contributed by atoms with Crippen molar-refractivity contribution in [3.05, 3.63) is 56.4 Å². The molecule has 2 aromatic heterocycles. The fourth-order valence-electron chi connectivity index (χ4n) is 2.88. The minimum atomic E-state index is -0.771. The Labute approximate surface area is 158 Å². The number of nitro benzene ring substituents is 1. The van der Waals surface area contributed by atoms with Gasteiger partial charge < -0.3 is 4.74 Å². The molecule has 0 unspecified atom stereocenters. The number of non-ortho nitro benzene ring substituents is 1. The number of aromatic nitrogens is 2. The first-order valence-corrected chi connectivity index (χ1v) is 9.25. The van der Waals surface area contributed by atoms with E-state index in [0.29, 0.717) is 27.8 Å². The van der Waals surface area contributed by atoms with Crippen LogP contribution in [0, 0.1) is 10.1 Å². The second kappa shape index (κ2) is 7.67. The predicted octanol–water partition coefficient (Wildman–Crippen LogP) is 3.55. The van der Waals surface area contributed by atoms with Crippen LogP contribution in [0.3, 0.4) is 0 Å². The Morgan fingerprint density at radius 2 is 2.19 bits per heavy atom. The van der Waals surface area contributed by atoms with Crippen LogP contribution in [0.4, 0.5) is 5.69 Å². The largest absolute Gasteiger partial charge is 0.464 e. The van der Waals surface area contributed by atoms with E-state index >= 15 is 0 Å². The molecule has 1 atom stereocenters. The minimum Gasteiger partial charge on any atom is -0.464 e. The molecule has 0 spiro atoms. The highest BCUT2D eigenvalue weighted by molar-refractivity contribution is 7.17.